The van der Waals surface area contributed by atoms with Gasteiger partial charge in [-0.1, -0.05) is 218 Å². The Bertz CT molecular complexity index is 4490. The zero-order valence-electron chi connectivity index (χ0n) is 40.4. The number of benzene rings is 11. The lowest BCUT2D eigenvalue weighted by atomic mass is 9.92. The Balaban J connectivity index is 0.983. The Morgan fingerprint density at radius 2 is 0.733 bits per heavy atom. The van der Waals surface area contributed by atoms with E-state index in [1.807, 2.05) is 24.3 Å². The monoisotopic (exact) mass is 957 g/mol. The van der Waals surface area contributed by atoms with E-state index in [-0.39, 0.29) is 0 Å². The van der Waals surface area contributed by atoms with Crippen molar-refractivity contribution in [3.05, 3.63) is 255 Å². The first-order valence-corrected chi connectivity index (χ1v) is 25.3. The second-order valence-electron chi connectivity index (χ2n) is 19.2. The van der Waals surface area contributed by atoms with Crippen LogP contribution in [0.15, 0.2) is 259 Å². The predicted molar refractivity (Wildman–Crippen MR) is 309 cm³/mol. The fraction of sp³-hybridized carbons (Fsp3) is 0. The van der Waals surface area contributed by atoms with Gasteiger partial charge >= 0.3 is 0 Å². The van der Waals surface area contributed by atoms with Crippen molar-refractivity contribution in [1.82, 2.24) is 24.5 Å². The molecule has 0 aliphatic rings. The second kappa shape index (κ2) is 17.3. The molecule has 15 aromatic rings. The van der Waals surface area contributed by atoms with Gasteiger partial charge in [0.2, 0.25) is 0 Å². The van der Waals surface area contributed by atoms with E-state index in [2.05, 4.69) is 240 Å². The molecule has 4 heterocycles. The normalized spacial score (nSPS) is 11.7. The van der Waals surface area contributed by atoms with Crippen LogP contribution in [0, 0.1) is 0 Å². The molecule has 11 aromatic carbocycles. The molecule has 0 spiro atoms. The summed E-state index contributed by atoms with van der Waals surface area (Å²) in [5.74, 6) is 1.77. The van der Waals surface area contributed by atoms with Gasteiger partial charge in [0.1, 0.15) is 5.58 Å². The van der Waals surface area contributed by atoms with E-state index < -0.39 is 0 Å². The summed E-state index contributed by atoms with van der Waals surface area (Å²) in [7, 11) is 0. The maximum atomic E-state index is 6.60. The van der Waals surface area contributed by atoms with E-state index in [9.17, 15) is 0 Å². The van der Waals surface area contributed by atoms with Crippen LogP contribution >= 0.6 is 0 Å². The minimum atomic E-state index is 0.578. The number of fused-ring (bicyclic) bond motifs is 11. The second-order valence-corrected chi connectivity index (χ2v) is 19.2. The summed E-state index contributed by atoms with van der Waals surface area (Å²) in [6.07, 6.45) is 0. The van der Waals surface area contributed by atoms with Crippen molar-refractivity contribution in [2.24, 2.45) is 0 Å². The predicted octanol–water partition coefficient (Wildman–Crippen LogP) is 18.2. The summed E-state index contributed by atoms with van der Waals surface area (Å²) in [4.78, 5) is 19.9. The number of H-pyrrole nitrogens is 1. The van der Waals surface area contributed by atoms with Crippen molar-refractivity contribution in [2.75, 3.05) is 0 Å². The van der Waals surface area contributed by atoms with E-state index >= 15 is 0 Å². The zero-order chi connectivity index (χ0) is 49.4. The SMILES string of the molecule is c1ccc(-c2ccc(-c3nc(-c4ccc(-c5ccccc5)cc4)nc(-c4cc(-c5ccccc5)c(-n5c6ccccc6c6c7[nH]c8c(ccc9c%10ccccc%10oc98)c7ccc65)c(-c5ccccc5)c4)n3)cc2)cc1. The van der Waals surface area contributed by atoms with Crippen LogP contribution in [-0.2, 0) is 0 Å². The van der Waals surface area contributed by atoms with E-state index in [1.54, 1.807) is 0 Å². The number of rotatable bonds is 8. The molecule has 4 aromatic heterocycles. The highest BCUT2D eigenvalue weighted by Gasteiger charge is 2.25. The van der Waals surface area contributed by atoms with E-state index in [0.29, 0.717) is 17.5 Å². The molecule has 0 unspecified atom stereocenters. The summed E-state index contributed by atoms with van der Waals surface area (Å²) < 4.78 is 9.07. The van der Waals surface area contributed by atoms with E-state index in [4.69, 9.17) is 19.4 Å². The largest absolute Gasteiger partial charge is 0.454 e. The smallest absolute Gasteiger partial charge is 0.164 e. The average Bonchev–Trinajstić information content (AvgIpc) is 4.25. The Kier molecular flexibility index (Phi) is 9.78. The van der Waals surface area contributed by atoms with Crippen molar-refractivity contribution in [1.29, 1.82) is 0 Å². The summed E-state index contributed by atoms with van der Waals surface area (Å²) in [5, 5.41) is 6.79. The number of para-hydroxylation sites is 2. The molecule has 6 heteroatoms. The lowest BCUT2D eigenvalue weighted by Gasteiger charge is -2.21. The minimum absolute atomic E-state index is 0.578. The van der Waals surface area contributed by atoms with Gasteiger partial charge in [-0.05, 0) is 69.8 Å². The summed E-state index contributed by atoms with van der Waals surface area (Å²) in [6.45, 7) is 0. The highest BCUT2D eigenvalue weighted by Crippen LogP contribution is 2.47. The highest BCUT2D eigenvalue weighted by molar-refractivity contribution is 6.28. The van der Waals surface area contributed by atoms with Crippen molar-refractivity contribution in [3.63, 3.8) is 0 Å². The van der Waals surface area contributed by atoms with Gasteiger partial charge in [0.25, 0.3) is 0 Å². The Hall–Kier alpha value is -10.2. The van der Waals surface area contributed by atoms with Crippen LogP contribution in [-0.4, -0.2) is 24.5 Å². The fourth-order valence-electron chi connectivity index (χ4n) is 11.2. The lowest BCUT2D eigenvalue weighted by Crippen LogP contribution is -2.04. The molecule has 0 saturated carbocycles. The number of furan rings is 1. The van der Waals surface area contributed by atoms with Gasteiger partial charge in [-0.2, -0.15) is 0 Å². The average molecular weight is 958 g/mol. The van der Waals surface area contributed by atoms with Crippen molar-refractivity contribution < 1.29 is 4.42 Å². The molecule has 0 aliphatic heterocycles. The first-order chi connectivity index (χ1) is 37.2. The van der Waals surface area contributed by atoms with Gasteiger partial charge in [0.05, 0.1) is 27.8 Å². The van der Waals surface area contributed by atoms with Gasteiger partial charge < -0.3 is 14.0 Å². The quantitative estimate of drug-likeness (QED) is 0.165. The first kappa shape index (κ1) is 42.5. The highest BCUT2D eigenvalue weighted by atomic mass is 16.3. The molecule has 0 atom stereocenters. The van der Waals surface area contributed by atoms with Crippen LogP contribution in [0.1, 0.15) is 0 Å². The molecule has 350 valence electrons. The molecule has 1 N–H and O–H groups in total. The van der Waals surface area contributed by atoms with Crippen LogP contribution < -0.4 is 0 Å². The van der Waals surface area contributed by atoms with Gasteiger partial charge in [-0.15, -0.1) is 0 Å². The first-order valence-electron chi connectivity index (χ1n) is 25.3. The van der Waals surface area contributed by atoms with Crippen molar-refractivity contribution >= 4 is 65.6 Å². The van der Waals surface area contributed by atoms with Gasteiger partial charge in [-0.3, -0.25) is 0 Å². The molecular formula is C69H43N5O. The molecule has 75 heavy (non-hydrogen) atoms. The number of nitrogens with one attached hydrogen (secondary N) is 1. The Morgan fingerprint density at radius 3 is 1.31 bits per heavy atom. The van der Waals surface area contributed by atoms with Crippen LogP contribution in [0.4, 0.5) is 0 Å². The molecule has 0 amide bonds. The molecule has 0 bridgehead atoms. The zero-order valence-corrected chi connectivity index (χ0v) is 40.4. The molecule has 6 nitrogen and oxygen atoms in total. The maximum Gasteiger partial charge on any atom is 0.164 e. The molecule has 0 radical (unpaired) electrons. The Labute approximate surface area is 431 Å². The standard InChI is InChI=1S/C69H43N5O/c1-5-17-43(18-6-1)45-29-33-49(34-30-45)67-71-68(50-35-31-46(32-36-50)44-19-7-2-8-20-44)73-69(72-67)51-41-57(47-21-9-3-10-22-47)65(58(42-51)48-23-11-4-12-24-48)74-59-27-15-13-26-56(59)62-60(74)40-39-53-54-37-38-55-52-25-14-16-28-61(52)75-66(55)64(54)70-63(53)62/h1-42,70H. The summed E-state index contributed by atoms with van der Waals surface area (Å²) >= 11 is 0. The van der Waals surface area contributed by atoms with Gasteiger partial charge in [0.15, 0.2) is 23.1 Å². The van der Waals surface area contributed by atoms with Crippen LogP contribution in [0.5, 0.6) is 0 Å². The third-order valence-electron chi connectivity index (χ3n) is 14.8. The Morgan fingerprint density at radius 1 is 0.307 bits per heavy atom. The molecule has 15 rings (SSSR count). The number of aromatic amines is 1. The third kappa shape index (κ3) is 7.07. The van der Waals surface area contributed by atoms with Gasteiger partial charge in [-0.25, -0.2) is 15.0 Å². The van der Waals surface area contributed by atoms with Gasteiger partial charge in [0, 0.05) is 60.1 Å². The maximum absolute atomic E-state index is 6.60. The number of aromatic nitrogens is 5. The number of hydrogen-bond donors (Lipinski definition) is 1. The third-order valence-corrected chi connectivity index (χ3v) is 14.8. The van der Waals surface area contributed by atoms with E-state index in [0.717, 1.165) is 132 Å². The van der Waals surface area contributed by atoms with Crippen molar-refractivity contribution in [2.45, 2.75) is 0 Å². The van der Waals surface area contributed by atoms with E-state index in [1.165, 1.54) is 0 Å². The summed E-state index contributed by atoms with van der Waals surface area (Å²) in [5.41, 5.74) is 18.5. The topological polar surface area (TPSA) is 72.5 Å². The number of nitrogens with zero attached hydrogens (tertiary/aromatic N) is 4. The van der Waals surface area contributed by atoms with Crippen molar-refractivity contribution in [3.8, 4) is 84.4 Å². The molecular weight excluding hydrogens is 915 g/mol. The van der Waals surface area contributed by atoms with Crippen LogP contribution in [0.25, 0.3) is 150 Å². The number of hydrogen-bond acceptors (Lipinski definition) is 4. The molecule has 0 fully saturated rings. The summed E-state index contributed by atoms with van der Waals surface area (Å²) in [6, 6.07) is 90.0. The molecule has 0 aliphatic carbocycles. The van der Waals surface area contributed by atoms with Crippen LogP contribution in [0.3, 0.4) is 0 Å². The molecule has 0 saturated heterocycles. The van der Waals surface area contributed by atoms with Crippen LogP contribution in [0.2, 0.25) is 0 Å². The lowest BCUT2D eigenvalue weighted by molar-refractivity contribution is 0.672. The fourth-order valence-corrected chi connectivity index (χ4v) is 11.2. The minimum Gasteiger partial charge on any atom is -0.454 e.